The average Bonchev–Trinajstić information content (AvgIpc) is 3.17. The van der Waals surface area contributed by atoms with Crippen LogP contribution in [0.5, 0.6) is 0 Å². The highest BCUT2D eigenvalue weighted by Crippen LogP contribution is 2.23. The smallest absolute Gasteiger partial charge is 0.338 e. The van der Waals surface area contributed by atoms with Crippen LogP contribution in [0.25, 0.3) is 0 Å². The van der Waals surface area contributed by atoms with Gasteiger partial charge in [0, 0.05) is 50.6 Å². The lowest BCUT2D eigenvalue weighted by molar-refractivity contribution is -0.130. The monoisotopic (exact) mass is 569 g/mol. The minimum atomic E-state index is -0.651. The van der Waals surface area contributed by atoms with Crippen molar-refractivity contribution >= 4 is 46.5 Å². The van der Waals surface area contributed by atoms with Crippen LogP contribution in [0.2, 0.25) is 0 Å². The Morgan fingerprint density at radius 1 is 1.00 bits per heavy atom. The first-order chi connectivity index (χ1) is 19.3. The largest absolute Gasteiger partial charge is 0.462 e. The lowest BCUT2D eigenvalue weighted by Crippen LogP contribution is -2.47. The summed E-state index contributed by atoms with van der Waals surface area (Å²) in [5.74, 6) is -1.11. The molecule has 4 rings (SSSR count). The van der Waals surface area contributed by atoms with Crippen molar-refractivity contribution in [3.63, 3.8) is 0 Å². The van der Waals surface area contributed by atoms with E-state index in [2.05, 4.69) is 15.1 Å². The highest BCUT2D eigenvalue weighted by atomic mass is 32.1. The number of piperazine rings is 1. The van der Waals surface area contributed by atoms with Crippen LogP contribution in [0, 0.1) is 5.82 Å². The molecular weight excluding hydrogens is 533 g/mol. The predicted octanol–water partition coefficient (Wildman–Crippen LogP) is 3.36. The molecule has 1 unspecified atom stereocenters. The van der Waals surface area contributed by atoms with E-state index in [1.54, 1.807) is 36.1 Å². The number of thiocarbonyl (C=S) groups is 1. The van der Waals surface area contributed by atoms with E-state index in [1.807, 2.05) is 24.0 Å². The van der Waals surface area contributed by atoms with Gasteiger partial charge < -0.3 is 19.9 Å². The van der Waals surface area contributed by atoms with E-state index in [9.17, 15) is 18.8 Å². The van der Waals surface area contributed by atoms with E-state index in [4.69, 9.17) is 17.0 Å². The van der Waals surface area contributed by atoms with Crippen molar-refractivity contribution in [1.82, 2.24) is 14.7 Å². The van der Waals surface area contributed by atoms with Gasteiger partial charge in [-0.05, 0) is 87.6 Å². The minimum absolute atomic E-state index is 0.0224. The number of amides is 2. The summed E-state index contributed by atoms with van der Waals surface area (Å²) < 4.78 is 18.2. The normalized spacial score (nSPS) is 17.9. The van der Waals surface area contributed by atoms with E-state index in [-0.39, 0.29) is 30.7 Å². The fourth-order valence-electron chi connectivity index (χ4n) is 5.07. The van der Waals surface area contributed by atoms with Gasteiger partial charge in [-0.2, -0.15) is 0 Å². The summed E-state index contributed by atoms with van der Waals surface area (Å²) in [5.41, 5.74) is 1.96. The van der Waals surface area contributed by atoms with Gasteiger partial charge in [0.05, 0.1) is 18.6 Å². The van der Waals surface area contributed by atoms with Crippen molar-refractivity contribution in [3.8, 4) is 0 Å². The molecule has 214 valence electrons. The van der Waals surface area contributed by atoms with Crippen molar-refractivity contribution in [3.05, 3.63) is 59.9 Å². The fraction of sp³-hybridized carbons (Fsp3) is 0.448. The molecule has 2 aromatic carbocycles. The summed E-state index contributed by atoms with van der Waals surface area (Å²) in [4.78, 5) is 45.9. The molecule has 0 saturated carbocycles. The Kier molecular flexibility index (Phi) is 10.1. The molecule has 0 aromatic heterocycles. The first kappa shape index (κ1) is 29.4. The van der Waals surface area contributed by atoms with Gasteiger partial charge >= 0.3 is 5.97 Å². The molecule has 2 heterocycles. The Morgan fingerprint density at radius 3 is 2.30 bits per heavy atom. The third-order valence-corrected chi connectivity index (χ3v) is 7.67. The predicted molar refractivity (Wildman–Crippen MR) is 156 cm³/mol. The van der Waals surface area contributed by atoms with Gasteiger partial charge in [0.2, 0.25) is 5.91 Å². The first-order valence-corrected chi connectivity index (χ1v) is 14.1. The third kappa shape index (κ3) is 7.14. The minimum Gasteiger partial charge on any atom is -0.462 e. The summed E-state index contributed by atoms with van der Waals surface area (Å²) in [6, 6.07) is 12.4. The molecule has 2 aliphatic heterocycles. The molecule has 0 spiro atoms. The second-order valence-corrected chi connectivity index (χ2v) is 10.1. The van der Waals surface area contributed by atoms with Crippen LogP contribution < -0.4 is 10.2 Å². The number of nitrogens with one attached hydrogen (secondary N) is 1. The number of anilines is 2. The number of likely N-dealkylation sites (N-methyl/N-ethyl adjacent to an activating group) is 1. The van der Waals surface area contributed by atoms with Crippen molar-refractivity contribution in [2.75, 3.05) is 62.6 Å². The summed E-state index contributed by atoms with van der Waals surface area (Å²) in [6.45, 7) is 9.28. The lowest BCUT2D eigenvalue weighted by atomic mass is 10.1. The van der Waals surface area contributed by atoms with Gasteiger partial charge in [0.25, 0.3) is 5.91 Å². The zero-order valence-electron chi connectivity index (χ0n) is 23.0. The maximum absolute atomic E-state index is 13.2. The van der Waals surface area contributed by atoms with Gasteiger partial charge in [-0.25, -0.2) is 9.18 Å². The SMILES string of the molecule is CCOC(=O)c1ccc(NC(=O)CC2C(=O)N(CC)C(=S)N2CCCN2CCN(c3ccc(F)cc3)CC2)cc1. The highest BCUT2D eigenvalue weighted by Gasteiger charge is 2.42. The van der Waals surface area contributed by atoms with Gasteiger partial charge in [-0.15, -0.1) is 0 Å². The zero-order chi connectivity index (χ0) is 28.6. The quantitative estimate of drug-likeness (QED) is 0.326. The molecule has 1 atom stereocenters. The fourth-order valence-corrected chi connectivity index (χ4v) is 5.51. The van der Waals surface area contributed by atoms with Crippen LogP contribution >= 0.6 is 12.2 Å². The molecule has 0 bridgehead atoms. The van der Waals surface area contributed by atoms with E-state index in [0.29, 0.717) is 29.5 Å². The van der Waals surface area contributed by atoms with Crippen molar-refractivity contribution in [2.24, 2.45) is 0 Å². The van der Waals surface area contributed by atoms with Crippen LogP contribution in [-0.2, 0) is 14.3 Å². The Labute approximate surface area is 239 Å². The molecule has 0 aliphatic carbocycles. The topological polar surface area (TPSA) is 85.4 Å². The molecule has 2 aromatic rings. The van der Waals surface area contributed by atoms with Crippen LogP contribution in [0.3, 0.4) is 0 Å². The molecule has 1 N–H and O–H groups in total. The second kappa shape index (κ2) is 13.7. The molecule has 11 heteroatoms. The van der Waals surface area contributed by atoms with Crippen molar-refractivity contribution < 1.29 is 23.5 Å². The number of carbonyl (C=O) groups excluding carboxylic acids is 3. The number of ether oxygens (including phenoxy) is 1. The Morgan fingerprint density at radius 2 is 1.68 bits per heavy atom. The molecule has 40 heavy (non-hydrogen) atoms. The van der Waals surface area contributed by atoms with E-state index in [0.717, 1.165) is 44.8 Å². The molecule has 2 amide bonds. The van der Waals surface area contributed by atoms with Crippen LogP contribution in [0.4, 0.5) is 15.8 Å². The summed E-state index contributed by atoms with van der Waals surface area (Å²) >= 11 is 5.62. The maximum atomic E-state index is 13.2. The highest BCUT2D eigenvalue weighted by molar-refractivity contribution is 7.80. The van der Waals surface area contributed by atoms with E-state index >= 15 is 0 Å². The first-order valence-electron chi connectivity index (χ1n) is 13.7. The van der Waals surface area contributed by atoms with Crippen LogP contribution in [0.1, 0.15) is 37.0 Å². The van der Waals surface area contributed by atoms with Gasteiger partial charge in [0.15, 0.2) is 5.11 Å². The third-order valence-electron chi connectivity index (χ3n) is 7.22. The van der Waals surface area contributed by atoms with Gasteiger partial charge in [0.1, 0.15) is 11.9 Å². The second-order valence-electron chi connectivity index (χ2n) is 9.78. The Hall–Kier alpha value is -3.57. The van der Waals surface area contributed by atoms with Crippen LogP contribution in [-0.4, -0.2) is 96.1 Å². The number of nitrogens with zero attached hydrogens (tertiary/aromatic N) is 4. The molecule has 0 radical (unpaired) electrons. The maximum Gasteiger partial charge on any atom is 0.338 e. The number of benzene rings is 2. The standard InChI is InChI=1S/C29H36FN5O4S/c1-3-34-27(37)25(20-26(36)31-23-10-6-21(7-11-23)28(38)39-4-2)35(29(34)40)15-5-14-32-16-18-33(19-17-32)24-12-8-22(30)9-13-24/h6-13,25H,3-5,14-20H2,1-2H3,(H,31,36). The number of halogens is 1. The number of rotatable bonds is 11. The summed E-state index contributed by atoms with van der Waals surface area (Å²) in [6.07, 6.45) is 0.778. The van der Waals surface area contributed by atoms with Crippen LogP contribution in [0.15, 0.2) is 48.5 Å². The molecule has 2 fully saturated rings. The number of hydrogen-bond donors (Lipinski definition) is 1. The van der Waals surface area contributed by atoms with Gasteiger partial charge in [-0.1, -0.05) is 0 Å². The Balaban J connectivity index is 1.28. The lowest BCUT2D eigenvalue weighted by Gasteiger charge is -2.36. The van der Waals surface area contributed by atoms with Crippen molar-refractivity contribution in [1.29, 1.82) is 0 Å². The van der Waals surface area contributed by atoms with Crippen molar-refractivity contribution in [2.45, 2.75) is 32.7 Å². The molecule has 2 saturated heterocycles. The average molecular weight is 570 g/mol. The van der Waals surface area contributed by atoms with E-state index in [1.165, 1.54) is 12.1 Å². The molecule has 9 nitrogen and oxygen atoms in total. The van der Waals surface area contributed by atoms with E-state index < -0.39 is 12.0 Å². The zero-order valence-corrected chi connectivity index (χ0v) is 23.8. The number of hydrogen-bond acceptors (Lipinski definition) is 7. The summed E-state index contributed by atoms with van der Waals surface area (Å²) in [5, 5.41) is 3.28. The van der Waals surface area contributed by atoms with Gasteiger partial charge in [-0.3, -0.25) is 19.4 Å². The molecule has 2 aliphatic rings. The number of carbonyl (C=O) groups is 3. The Bertz CT molecular complexity index is 1200. The summed E-state index contributed by atoms with van der Waals surface area (Å²) in [7, 11) is 0. The molecular formula is C29H36FN5O4S. The number of esters is 1.